The van der Waals surface area contributed by atoms with Crippen LogP contribution in [0, 0.1) is 12.8 Å². The van der Waals surface area contributed by atoms with Gasteiger partial charge in [-0.15, -0.1) is 0 Å². The molecule has 0 aliphatic carbocycles. The molecule has 0 fully saturated rings. The fourth-order valence-electron chi connectivity index (χ4n) is 2.95. The van der Waals surface area contributed by atoms with Crippen molar-refractivity contribution in [3.05, 3.63) is 71.9 Å². The fraction of sp³-hybridized carbons (Fsp3) is 0.238. The molecule has 2 aromatic carbocycles. The molecule has 152 valence electrons. The third-order valence-electron chi connectivity index (χ3n) is 4.18. The van der Waals surface area contributed by atoms with Gasteiger partial charge < -0.3 is 0 Å². The molecule has 0 spiro atoms. The van der Waals surface area contributed by atoms with Gasteiger partial charge in [-0.1, -0.05) is 44.2 Å². The predicted molar refractivity (Wildman–Crippen MR) is 113 cm³/mol. The Morgan fingerprint density at radius 3 is 2.34 bits per heavy atom. The van der Waals surface area contributed by atoms with E-state index in [1.54, 1.807) is 29.8 Å². The monoisotopic (exact) mass is 412 g/mol. The molecule has 0 unspecified atom stereocenters. The van der Waals surface area contributed by atoms with Crippen molar-refractivity contribution in [2.24, 2.45) is 5.92 Å². The Morgan fingerprint density at radius 1 is 1.07 bits per heavy atom. The molecule has 8 heteroatoms. The summed E-state index contributed by atoms with van der Waals surface area (Å²) in [6.45, 7) is 5.98. The molecule has 1 heterocycles. The minimum absolute atomic E-state index is 0.0351. The summed E-state index contributed by atoms with van der Waals surface area (Å²) in [7, 11) is -3.99. The molecule has 29 heavy (non-hydrogen) atoms. The minimum atomic E-state index is -3.99. The van der Waals surface area contributed by atoms with Crippen molar-refractivity contribution < 1.29 is 13.2 Å². The number of amides is 2. The summed E-state index contributed by atoms with van der Waals surface area (Å²) in [5.41, 5.74) is 2.48. The average Bonchev–Trinajstić information content (AvgIpc) is 3.02. The zero-order valence-electron chi connectivity index (χ0n) is 16.6. The van der Waals surface area contributed by atoms with Crippen LogP contribution >= 0.6 is 0 Å². The quantitative estimate of drug-likeness (QED) is 0.642. The molecule has 7 nitrogen and oxygen atoms in total. The number of nitrogens with one attached hydrogen (secondary N) is 2. The number of sulfonamides is 1. The van der Waals surface area contributed by atoms with E-state index in [1.165, 1.54) is 12.1 Å². The lowest BCUT2D eigenvalue weighted by Crippen LogP contribution is -2.34. The van der Waals surface area contributed by atoms with Gasteiger partial charge in [0, 0.05) is 6.07 Å². The maximum Gasteiger partial charge on any atom is 0.334 e. The lowest BCUT2D eigenvalue weighted by atomic mass is 10.0. The standard InChI is InChI=1S/C21H24N4O3S/c1-15(2)13-17-9-11-19(12-10-17)29(27,28)24-21(26)22-20-14-16(3)23-25(20)18-7-5-4-6-8-18/h4-12,14-15H,13H2,1-3H3,(H2,22,24,26). The van der Waals surface area contributed by atoms with Crippen molar-refractivity contribution in [1.82, 2.24) is 14.5 Å². The summed E-state index contributed by atoms with van der Waals surface area (Å²) in [6, 6.07) is 16.6. The van der Waals surface area contributed by atoms with Gasteiger partial charge in [-0.05, 0) is 49.1 Å². The molecule has 0 saturated heterocycles. The molecule has 1 aromatic heterocycles. The highest BCUT2D eigenvalue weighted by Crippen LogP contribution is 2.17. The molecule has 0 aliphatic heterocycles. The van der Waals surface area contributed by atoms with Crippen LogP contribution in [0.4, 0.5) is 10.6 Å². The normalized spacial score (nSPS) is 11.4. The molecule has 0 aliphatic rings. The Labute approximate surface area is 170 Å². The van der Waals surface area contributed by atoms with Gasteiger partial charge in [0.15, 0.2) is 0 Å². The van der Waals surface area contributed by atoms with Crippen molar-refractivity contribution in [3.8, 4) is 5.69 Å². The number of rotatable bonds is 6. The summed E-state index contributed by atoms with van der Waals surface area (Å²) in [5.74, 6) is 0.841. The summed E-state index contributed by atoms with van der Waals surface area (Å²) < 4.78 is 28.7. The second kappa shape index (κ2) is 8.48. The molecule has 0 saturated carbocycles. The number of urea groups is 1. The van der Waals surface area contributed by atoms with E-state index in [9.17, 15) is 13.2 Å². The van der Waals surface area contributed by atoms with Gasteiger partial charge in [0.25, 0.3) is 10.0 Å². The van der Waals surface area contributed by atoms with Crippen LogP contribution in [0.3, 0.4) is 0 Å². The molecular formula is C21H24N4O3S. The second-order valence-corrected chi connectivity index (χ2v) is 8.90. The summed E-state index contributed by atoms with van der Waals surface area (Å²) in [5, 5.41) is 6.91. The molecule has 3 aromatic rings. The molecule has 2 amide bonds. The van der Waals surface area contributed by atoms with Crippen molar-refractivity contribution in [1.29, 1.82) is 0 Å². The molecule has 2 N–H and O–H groups in total. The first kappa shape index (κ1) is 20.6. The number of carbonyl (C=O) groups excluding carboxylic acids is 1. The van der Waals surface area contributed by atoms with E-state index < -0.39 is 16.1 Å². The van der Waals surface area contributed by atoms with E-state index >= 15 is 0 Å². The van der Waals surface area contributed by atoms with Gasteiger partial charge in [0.2, 0.25) is 0 Å². The lowest BCUT2D eigenvalue weighted by molar-refractivity contribution is 0.256. The second-order valence-electron chi connectivity index (χ2n) is 7.22. The van der Waals surface area contributed by atoms with Crippen LogP contribution in [0.15, 0.2) is 65.6 Å². The average molecular weight is 413 g/mol. The Morgan fingerprint density at radius 2 is 1.72 bits per heavy atom. The minimum Gasteiger partial charge on any atom is -0.291 e. The number of para-hydroxylation sites is 1. The maximum absolute atomic E-state index is 12.5. The van der Waals surface area contributed by atoms with Crippen LogP contribution in [0.25, 0.3) is 5.69 Å². The molecule has 0 radical (unpaired) electrons. The van der Waals surface area contributed by atoms with Crippen LogP contribution < -0.4 is 10.0 Å². The topological polar surface area (TPSA) is 93.1 Å². The van der Waals surface area contributed by atoms with Gasteiger partial charge in [0.1, 0.15) is 5.82 Å². The highest BCUT2D eigenvalue weighted by Gasteiger charge is 2.19. The first-order valence-electron chi connectivity index (χ1n) is 9.29. The van der Waals surface area contributed by atoms with E-state index in [2.05, 4.69) is 29.0 Å². The summed E-state index contributed by atoms with van der Waals surface area (Å²) >= 11 is 0. The van der Waals surface area contributed by atoms with Crippen molar-refractivity contribution in [2.45, 2.75) is 32.1 Å². The number of hydrogen-bond donors (Lipinski definition) is 2. The largest absolute Gasteiger partial charge is 0.334 e. The molecular weight excluding hydrogens is 388 g/mol. The first-order valence-corrected chi connectivity index (χ1v) is 10.8. The number of hydrogen-bond acceptors (Lipinski definition) is 4. The Kier molecular flexibility index (Phi) is 6.03. The summed E-state index contributed by atoms with van der Waals surface area (Å²) in [4.78, 5) is 12.4. The van der Waals surface area contributed by atoms with E-state index in [0.717, 1.165) is 17.7 Å². The highest BCUT2D eigenvalue weighted by molar-refractivity contribution is 7.90. The molecule has 0 atom stereocenters. The SMILES string of the molecule is Cc1cc(NC(=O)NS(=O)(=O)c2ccc(CC(C)C)cc2)n(-c2ccccc2)n1. The smallest absolute Gasteiger partial charge is 0.291 e. The van der Waals surface area contributed by atoms with E-state index in [4.69, 9.17) is 0 Å². The van der Waals surface area contributed by atoms with Crippen molar-refractivity contribution in [3.63, 3.8) is 0 Å². The Bertz CT molecular complexity index is 1090. The Balaban J connectivity index is 1.74. The fourth-order valence-corrected chi connectivity index (χ4v) is 3.86. The zero-order valence-corrected chi connectivity index (χ0v) is 17.4. The van der Waals surface area contributed by atoms with E-state index in [0.29, 0.717) is 17.4 Å². The third-order valence-corrected chi connectivity index (χ3v) is 5.53. The number of aromatic nitrogens is 2. The van der Waals surface area contributed by atoms with Crippen LogP contribution in [0.5, 0.6) is 0 Å². The van der Waals surface area contributed by atoms with Gasteiger partial charge in [-0.25, -0.2) is 22.6 Å². The Hall–Kier alpha value is -3.13. The number of nitrogens with zero attached hydrogens (tertiary/aromatic N) is 2. The van der Waals surface area contributed by atoms with Gasteiger partial charge in [-0.2, -0.15) is 5.10 Å². The van der Waals surface area contributed by atoms with Gasteiger partial charge in [0.05, 0.1) is 16.3 Å². The zero-order chi connectivity index (χ0) is 21.0. The number of carbonyl (C=O) groups is 1. The van der Waals surface area contributed by atoms with E-state index in [1.807, 2.05) is 30.3 Å². The van der Waals surface area contributed by atoms with Crippen LogP contribution in [0.2, 0.25) is 0 Å². The lowest BCUT2D eigenvalue weighted by Gasteiger charge is -2.11. The first-order chi connectivity index (χ1) is 13.7. The number of aryl methyl sites for hydroxylation is 1. The van der Waals surface area contributed by atoms with Crippen molar-refractivity contribution >= 4 is 21.9 Å². The van der Waals surface area contributed by atoms with E-state index in [-0.39, 0.29) is 4.90 Å². The van der Waals surface area contributed by atoms with Gasteiger partial charge in [-0.3, -0.25) is 5.32 Å². The maximum atomic E-state index is 12.5. The molecule has 3 rings (SSSR count). The van der Waals surface area contributed by atoms with Crippen LogP contribution in [0.1, 0.15) is 25.1 Å². The van der Waals surface area contributed by atoms with Crippen molar-refractivity contribution in [2.75, 3.05) is 5.32 Å². The third kappa shape index (κ3) is 5.23. The highest BCUT2D eigenvalue weighted by atomic mass is 32.2. The van der Waals surface area contributed by atoms with Crippen LogP contribution in [-0.2, 0) is 16.4 Å². The summed E-state index contributed by atoms with van der Waals surface area (Å²) in [6.07, 6.45) is 0.858. The van der Waals surface area contributed by atoms with Gasteiger partial charge >= 0.3 is 6.03 Å². The number of anilines is 1. The van der Waals surface area contributed by atoms with Crippen LogP contribution in [-0.4, -0.2) is 24.2 Å². The number of benzene rings is 2. The molecule has 0 bridgehead atoms. The predicted octanol–water partition coefficient (Wildman–Crippen LogP) is 3.89.